The van der Waals surface area contributed by atoms with Gasteiger partial charge in [0.25, 0.3) is 0 Å². The van der Waals surface area contributed by atoms with Crippen LogP contribution in [0.2, 0.25) is 0 Å². The molecule has 0 aromatic heterocycles. The van der Waals surface area contributed by atoms with Crippen molar-refractivity contribution in [1.82, 2.24) is 20.4 Å². The summed E-state index contributed by atoms with van der Waals surface area (Å²) >= 11 is 1.95. The van der Waals surface area contributed by atoms with E-state index >= 15 is 0 Å². The van der Waals surface area contributed by atoms with Crippen LogP contribution in [0.1, 0.15) is 32.6 Å². The minimum absolute atomic E-state index is 0.0220. The number of piperidine rings is 1. The standard InChI is InChI=1S/C18H33N5O3S/c1-4-26-18(25)23-9-7-14(8-10-23)20-17(19-12-16(24)22(2)3)21-15-6-5-11-27-13-15/h14-15H,4-13H2,1-3H3,(H2,19,20,21). The second-order valence-corrected chi connectivity index (χ2v) is 8.27. The fraction of sp³-hybridized carbons (Fsp3) is 0.833. The quantitative estimate of drug-likeness (QED) is 0.532. The number of hydrogen-bond donors (Lipinski definition) is 2. The summed E-state index contributed by atoms with van der Waals surface area (Å²) in [7, 11) is 3.47. The number of guanidine groups is 1. The summed E-state index contributed by atoms with van der Waals surface area (Å²) in [5.41, 5.74) is 0. The van der Waals surface area contributed by atoms with Crippen molar-refractivity contribution >= 4 is 29.7 Å². The number of likely N-dealkylation sites (N-methyl/N-ethyl adjacent to an activating group) is 1. The van der Waals surface area contributed by atoms with E-state index in [9.17, 15) is 9.59 Å². The first-order valence-corrected chi connectivity index (χ1v) is 10.9. The minimum Gasteiger partial charge on any atom is -0.450 e. The zero-order valence-corrected chi connectivity index (χ0v) is 17.5. The molecule has 0 spiro atoms. The maximum absolute atomic E-state index is 11.9. The van der Waals surface area contributed by atoms with Crippen molar-refractivity contribution in [2.24, 2.45) is 4.99 Å². The normalized spacial score (nSPS) is 21.5. The molecule has 0 radical (unpaired) electrons. The molecule has 2 N–H and O–H groups in total. The Labute approximate surface area is 166 Å². The van der Waals surface area contributed by atoms with Gasteiger partial charge in [0.05, 0.1) is 6.61 Å². The molecule has 0 aromatic carbocycles. The Balaban J connectivity index is 1.90. The summed E-state index contributed by atoms with van der Waals surface area (Å²) in [5, 5.41) is 6.96. The second-order valence-electron chi connectivity index (χ2n) is 7.12. The van der Waals surface area contributed by atoms with Gasteiger partial charge in [0.1, 0.15) is 6.54 Å². The summed E-state index contributed by atoms with van der Waals surface area (Å²) < 4.78 is 5.07. The zero-order chi connectivity index (χ0) is 19.6. The van der Waals surface area contributed by atoms with Crippen molar-refractivity contribution in [3.63, 3.8) is 0 Å². The van der Waals surface area contributed by atoms with Crippen LogP contribution < -0.4 is 10.6 Å². The highest BCUT2D eigenvalue weighted by Crippen LogP contribution is 2.17. The number of likely N-dealkylation sites (tertiary alicyclic amines) is 1. The van der Waals surface area contributed by atoms with E-state index in [4.69, 9.17) is 4.74 Å². The van der Waals surface area contributed by atoms with Gasteiger partial charge in [-0.2, -0.15) is 11.8 Å². The van der Waals surface area contributed by atoms with Crippen molar-refractivity contribution in [2.45, 2.75) is 44.7 Å². The molecule has 2 amide bonds. The first kappa shape index (κ1) is 21.7. The molecule has 1 atom stereocenters. The SMILES string of the molecule is CCOC(=O)N1CCC(NC(=NCC(=O)N(C)C)NC2CCCSC2)CC1. The summed E-state index contributed by atoms with van der Waals surface area (Å²) in [6.07, 6.45) is 3.75. The van der Waals surface area contributed by atoms with Crippen LogP contribution in [0.5, 0.6) is 0 Å². The number of ether oxygens (including phenoxy) is 1. The third kappa shape index (κ3) is 7.48. The van der Waals surface area contributed by atoms with Gasteiger partial charge in [-0.3, -0.25) is 4.79 Å². The van der Waals surface area contributed by atoms with Gasteiger partial charge in [-0.1, -0.05) is 0 Å². The maximum Gasteiger partial charge on any atom is 0.409 e. The Morgan fingerprint density at radius 1 is 1.19 bits per heavy atom. The Kier molecular flexibility index (Phi) is 9.03. The van der Waals surface area contributed by atoms with Crippen LogP contribution in [0.4, 0.5) is 4.79 Å². The van der Waals surface area contributed by atoms with Crippen LogP contribution in [0.25, 0.3) is 0 Å². The van der Waals surface area contributed by atoms with Gasteiger partial charge in [0.2, 0.25) is 5.91 Å². The predicted molar refractivity (Wildman–Crippen MR) is 109 cm³/mol. The number of amides is 2. The van der Waals surface area contributed by atoms with Crippen LogP contribution in [-0.4, -0.2) is 91.7 Å². The molecule has 0 saturated carbocycles. The first-order chi connectivity index (χ1) is 13.0. The summed E-state index contributed by atoms with van der Waals surface area (Å²) in [6, 6.07) is 0.608. The fourth-order valence-electron chi connectivity index (χ4n) is 3.08. The van der Waals surface area contributed by atoms with E-state index < -0.39 is 0 Å². The largest absolute Gasteiger partial charge is 0.450 e. The van der Waals surface area contributed by atoms with Crippen LogP contribution in [0.3, 0.4) is 0 Å². The zero-order valence-electron chi connectivity index (χ0n) is 16.7. The molecule has 2 heterocycles. The van der Waals surface area contributed by atoms with E-state index in [0.29, 0.717) is 31.7 Å². The van der Waals surface area contributed by atoms with Gasteiger partial charge in [0.15, 0.2) is 5.96 Å². The molecule has 27 heavy (non-hydrogen) atoms. The number of nitrogens with one attached hydrogen (secondary N) is 2. The van der Waals surface area contributed by atoms with Crippen LogP contribution in [-0.2, 0) is 9.53 Å². The van der Waals surface area contributed by atoms with Crippen molar-refractivity contribution < 1.29 is 14.3 Å². The molecule has 2 aliphatic rings. The van der Waals surface area contributed by atoms with E-state index in [-0.39, 0.29) is 24.6 Å². The molecule has 0 aliphatic carbocycles. The number of rotatable bonds is 5. The third-order valence-corrected chi connectivity index (χ3v) is 5.95. The molecule has 2 saturated heterocycles. The molecule has 9 heteroatoms. The molecule has 2 rings (SSSR count). The molecular formula is C18H33N5O3S. The average molecular weight is 400 g/mol. The molecule has 2 aliphatic heterocycles. The van der Waals surface area contributed by atoms with Gasteiger partial charge in [0, 0.05) is 45.0 Å². The molecule has 0 bridgehead atoms. The second kappa shape index (κ2) is 11.3. The maximum atomic E-state index is 11.9. The number of carbonyl (C=O) groups excluding carboxylic acids is 2. The predicted octanol–water partition coefficient (Wildman–Crippen LogP) is 1.13. The number of aliphatic imine (C=N–C) groups is 1. The molecule has 1 unspecified atom stereocenters. The average Bonchev–Trinajstić information content (AvgIpc) is 2.67. The van der Waals surface area contributed by atoms with Crippen LogP contribution in [0, 0.1) is 0 Å². The summed E-state index contributed by atoms with van der Waals surface area (Å²) in [6.45, 7) is 3.68. The first-order valence-electron chi connectivity index (χ1n) is 9.76. The topological polar surface area (TPSA) is 86.3 Å². The summed E-state index contributed by atoms with van der Waals surface area (Å²) in [5.74, 6) is 2.95. The smallest absolute Gasteiger partial charge is 0.409 e. The number of carbonyl (C=O) groups is 2. The van der Waals surface area contributed by atoms with Gasteiger partial charge in [-0.05, 0) is 38.4 Å². The van der Waals surface area contributed by atoms with Gasteiger partial charge in [-0.25, -0.2) is 9.79 Å². The Morgan fingerprint density at radius 2 is 1.89 bits per heavy atom. The lowest BCUT2D eigenvalue weighted by atomic mass is 10.1. The van der Waals surface area contributed by atoms with E-state index in [2.05, 4.69) is 15.6 Å². The highest BCUT2D eigenvalue weighted by molar-refractivity contribution is 7.99. The third-order valence-electron chi connectivity index (χ3n) is 4.73. The Bertz CT molecular complexity index is 515. The van der Waals surface area contributed by atoms with Crippen LogP contribution in [0.15, 0.2) is 4.99 Å². The Hall–Kier alpha value is -1.64. The lowest BCUT2D eigenvalue weighted by Gasteiger charge is -2.33. The molecule has 8 nitrogen and oxygen atoms in total. The van der Waals surface area contributed by atoms with Crippen molar-refractivity contribution in [1.29, 1.82) is 0 Å². The van der Waals surface area contributed by atoms with Gasteiger partial charge < -0.3 is 25.2 Å². The lowest BCUT2D eigenvalue weighted by Crippen LogP contribution is -2.52. The highest BCUT2D eigenvalue weighted by Gasteiger charge is 2.25. The van der Waals surface area contributed by atoms with E-state index in [0.717, 1.165) is 25.0 Å². The number of thioether (sulfide) groups is 1. The lowest BCUT2D eigenvalue weighted by molar-refractivity contribution is -0.127. The van der Waals surface area contributed by atoms with Gasteiger partial charge in [-0.15, -0.1) is 0 Å². The van der Waals surface area contributed by atoms with Crippen molar-refractivity contribution in [2.75, 3.05) is 51.8 Å². The van der Waals surface area contributed by atoms with E-state index in [1.165, 1.54) is 12.2 Å². The molecule has 0 aromatic rings. The minimum atomic E-state index is -0.237. The highest BCUT2D eigenvalue weighted by atomic mass is 32.2. The fourth-order valence-corrected chi connectivity index (χ4v) is 4.16. The van der Waals surface area contributed by atoms with Gasteiger partial charge >= 0.3 is 6.09 Å². The van der Waals surface area contributed by atoms with Crippen LogP contribution >= 0.6 is 11.8 Å². The summed E-state index contributed by atoms with van der Waals surface area (Å²) in [4.78, 5) is 31.6. The molecular weight excluding hydrogens is 366 g/mol. The van der Waals surface area contributed by atoms with Crippen molar-refractivity contribution in [3.8, 4) is 0 Å². The molecule has 2 fully saturated rings. The van der Waals surface area contributed by atoms with E-state index in [1.54, 1.807) is 23.9 Å². The van der Waals surface area contributed by atoms with Crippen molar-refractivity contribution in [3.05, 3.63) is 0 Å². The number of nitrogens with zero attached hydrogens (tertiary/aromatic N) is 3. The number of hydrogen-bond acceptors (Lipinski definition) is 5. The van der Waals surface area contributed by atoms with E-state index in [1.807, 2.05) is 18.7 Å². The Morgan fingerprint density at radius 3 is 2.48 bits per heavy atom. The molecule has 154 valence electrons. The monoisotopic (exact) mass is 399 g/mol.